The molecule has 0 amide bonds. The minimum atomic E-state index is 0.381. The highest BCUT2D eigenvalue weighted by atomic mass is 16.5. The largest absolute Gasteiger partial charge is 0.497 e. The number of hydrogen-bond donors (Lipinski definition) is 1. The van der Waals surface area contributed by atoms with Crippen molar-refractivity contribution in [2.75, 3.05) is 12.4 Å². The number of hydrogen-bond acceptors (Lipinski definition) is 2. The van der Waals surface area contributed by atoms with Crippen LogP contribution in [-0.4, -0.2) is 7.11 Å². The van der Waals surface area contributed by atoms with Gasteiger partial charge in [-0.1, -0.05) is 29.8 Å². The van der Waals surface area contributed by atoms with Crippen LogP contribution in [0, 0.1) is 6.92 Å². The van der Waals surface area contributed by atoms with Gasteiger partial charge >= 0.3 is 0 Å². The molecule has 3 rings (SSSR count). The summed E-state index contributed by atoms with van der Waals surface area (Å²) in [6, 6.07) is 15.3. The molecule has 2 aromatic carbocycles. The van der Waals surface area contributed by atoms with E-state index < -0.39 is 0 Å². The third-order valence-corrected chi connectivity index (χ3v) is 3.51. The van der Waals surface area contributed by atoms with E-state index in [4.69, 9.17) is 4.74 Å². The average Bonchev–Trinajstić information content (AvgIpc) is 2.81. The average molecular weight is 239 g/mol. The second kappa shape index (κ2) is 4.37. The molecule has 2 heteroatoms. The lowest BCUT2D eigenvalue weighted by atomic mass is 10.0. The monoisotopic (exact) mass is 239 g/mol. The molecule has 1 aliphatic heterocycles. The van der Waals surface area contributed by atoms with Crippen molar-refractivity contribution in [3.8, 4) is 5.75 Å². The van der Waals surface area contributed by atoms with Crippen LogP contribution < -0.4 is 10.1 Å². The summed E-state index contributed by atoms with van der Waals surface area (Å²) in [5.74, 6) is 0.931. The number of aryl methyl sites for hydroxylation is 1. The fourth-order valence-corrected chi connectivity index (χ4v) is 2.55. The maximum Gasteiger partial charge on any atom is 0.119 e. The highest BCUT2D eigenvalue weighted by molar-refractivity contribution is 5.60. The third kappa shape index (κ3) is 1.94. The van der Waals surface area contributed by atoms with Gasteiger partial charge in [0.05, 0.1) is 13.2 Å². The summed E-state index contributed by atoms with van der Waals surface area (Å²) in [4.78, 5) is 0. The molecule has 1 aliphatic rings. The van der Waals surface area contributed by atoms with Crippen LogP contribution >= 0.6 is 0 Å². The van der Waals surface area contributed by atoms with E-state index in [-0.39, 0.29) is 0 Å². The number of rotatable bonds is 2. The first-order chi connectivity index (χ1) is 8.76. The van der Waals surface area contributed by atoms with E-state index in [2.05, 4.69) is 48.6 Å². The van der Waals surface area contributed by atoms with Crippen molar-refractivity contribution in [1.82, 2.24) is 0 Å². The molecule has 18 heavy (non-hydrogen) atoms. The van der Waals surface area contributed by atoms with Crippen LogP contribution in [0.4, 0.5) is 5.69 Å². The van der Waals surface area contributed by atoms with E-state index in [1.54, 1.807) is 7.11 Å². The zero-order chi connectivity index (χ0) is 12.5. The fourth-order valence-electron chi connectivity index (χ4n) is 2.55. The number of ether oxygens (including phenoxy) is 1. The minimum absolute atomic E-state index is 0.381. The second-order valence-corrected chi connectivity index (χ2v) is 4.84. The Hall–Kier alpha value is -1.96. The van der Waals surface area contributed by atoms with Gasteiger partial charge in [-0.15, -0.1) is 0 Å². The van der Waals surface area contributed by atoms with Gasteiger partial charge in [0.25, 0.3) is 0 Å². The van der Waals surface area contributed by atoms with Crippen LogP contribution in [0.1, 0.15) is 22.7 Å². The van der Waals surface area contributed by atoms with E-state index in [1.165, 1.54) is 22.4 Å². The van der Waals surface area contributed by atoms with Crippen LogP contribution in [0.25, 0.3) is 0 Å². The van der Waals surface area contributed by atoms with E-state index in [1.807, 2.05) is 6.07 Å². The number of benzene rings is 2. The number of anilines is 1. The summed E-state index contributed by atoms with van der Waals surface area (Å²) >= 11 is 0. The zero-order valence-electron chi connectivity index (χ0n) is 10.7. The van der Waals surface area contributed by atoms with Gasteiger partial charge in [0.15, 0.2) is 0 Å². The highest BCUT2D eigenvalue weighted by Gasteiger charge is 2.22. The number of nitrogens with one attached hydrogen (secondary N) is 1. The molecule has 92 valence electrons. The van der Waals surface area contributed by atoms with Crippen molar-refractivity contribution < 1.29 is 4.74 Å². The molecule has 0 saturated heterocycles. The SMILES string of the molecule is COc1ccc2c(c1)CC(c1cccc(C)c1)N2. The fraction of sp³-hybridized carbons (Fsp3) is 0.250. The minimum Gasteiger partial charge on any atom is -0.497 e. The van der Waals surface area contributed by atoms with Crippen LogP contribution in [0.5, 0.6) is 5.75 Å². The van der Waals surface area contributed by atoms with Gasteiger partial charge in [-0.05, 0) is 42.7 Å². The Balaban J connectivity index is 1.88. The van der Waals surface area contributed by atoms with Crippen molar-refractivity contribution in [3.05, 3.63) is 59.2 Å². The summed E-state index contributed by atoms with van der Waals surface area (Å²) in [5.41, 5.74) is 5.22. The summed E-state index contributed by atoms with van der Waals surface area (Å²) in [7, 11) is 1.71. The predicted octanol–water partition coefficient (Wildman–Crippen LogP) is 3.71. The molecular formula is C16H17NO. The van der Waals surface area contributed by atoms with E-state index in [0.29, 0.717) is 6.04 Å². The van der Waals surface area contributed by atoms with Crippen molar-refractivity contribution in [3.63, 3.8) is 0 Å². The zero-order valence-corrected chi connectivity index (χ0v) is 10.7. The summed E-state index contributed by atoms with van der Waals surface area (Å²) in [6.07, 6.45) is 1.02. The molecule has 2 aromatic rings. The van der Waals surface area contributed by atoms with Gasteiger partial charge in [-0.25, -0.2) is 0 Å². The predicted molar refractivity (Wildman–Crippen MR) is 74.2 cm³/mol. The maximum absolute atomic E-state index is 5.27. The Labute approximate surface area is 108 Å². The lowest BCUT2D eigenvalue weighted by Gasteiger charge is -2.12. The molecular weight excluding hydrogens is 222 g/mol. The Morgan fingerprint density at radius 3 is 2.83 bits per heavy atom. The van der Waals surface area contributed by atoms with Gasteiger partial charge in [0, 0.05) is 5.69 Å². The molecule has 1 heterocycles. The Morgan fingerprint density at radius 1 is 1.17 bits per heavy atom. The van der Waals surface area contributed by atoms with Gasteiger partial charge in [0.1, 0.15) is 5.75 Å². The smallest absolute Gasteiger partial charge is 0.119 e. The molecule has 1 atom stereocenters. The van der Waals surface area contributed by atoms with Gasteiger partial charge in [0.2, 0.25) is 0 Å². The van der Waals surface area contributed by atoms with E-state index >= 15 is 0 Å². The van der Waals surface area contributed by atoms with Gasteiger partial charge < -0.3 is 10.1 Å². The van der Waals surface area contributed by atoms with Crippen LogP contribution in [0.15, 0.2) is 42.5 Å². The van der Waals surface area contributed by atoms with Crippen molar-refractivity contribution >= 4 is 5.69 Å². The molecule has 0 spiro atoms. The maximum atomic E-state index is 5.27. The van der Waals surface area contributed by atoms with Crippen molar-refractivity contribution in [1.29, 1.82) is 0 Å². The number of methoxy groups -OCH3 is 1. The summed E-state index contributed by atoms with van der Waals surface area (Å²) < 4.78 is 5.27. The van der Waals surface area contributed by atoms with E-state index in [0.717, 1.165) is 12.2 Å². The lowest BCUT2D eigenvalue weighted by Crippen LogP contribution is -2.05. The molecule has 0 fully saturated rings. The molecule has 0 radical (unpaired) electrons. The molecule has 0 aromatic heterocycles. The van der Waals surface area contributed by atoms with Crippen molar-refractivity contribution in [2.45, 2.75) is 19.4 Å². The Kier molecular flexibility index (Phi) is 2.71. The third-order valence-electron chi connectivity index (χ3n) is 3.51. The first-order valence-electron chi connectivity index (χ1n) is 6.26. The molecule has 2 nitrogen and oxygen atoms in total. The topological polar surface area (TPSA) is 21.3 Å². The van der Waals surface area contributed by atoms with Crippen LogP contribution in [-0.2, 0) is 6.42 Å². The molecule has 1 unspecified atom stereocenters. The molecule has 0 bridgehead atoms. The standard InChI is InChI=1S/C16H17NO/c1-11-4-3-5-12(8-11)16-10-13-9-14(18-2)6-7-15(13)17-16/h3-9,16-17H,10H2,1-2H3. The Morgan fingerprint density at radius 2 is 2.06 bits per heavy atom. The second-order valence-electron chi connectivity index (χ2n) is 4.84. The van der Waals surface area contributed by atoms with Gasteiger partial charge in [-0.3, -0.25) is 0 Å². The first kappa shape index (κ1) is 11.1. The van der Waals surface area contributed by atoms with Crippen LogP contribution in [0.3, 0.4) is 0 Å². The van der Waals surface area contributed by atoms with E-state index in [9.17, 15) is 0 Å². The quantitative estimate of drug-likeness (QED) is 0.862. The molecule has 0 saturated carbocycles. The normalized spacial score (nSPS) is 17.1. The Bertz CT molecular complexity index is 577. The summed E-state index contributed by atoms with van der Waals surface area (Å²) in [5, 5.41) is 3.57. The summed E-state index contributed by atoms with van der Waals surface area (Å²) in [6.45, 7) is 2.13. The molecule has 1 N–H and O–H groups in total. The van der Waals surface area contributed by atoms with Crippen molar-refractivity contribution in [2.24, 2.45) is 0 Å². The highest BCUT2D eigenvalue weighted by Crippen LogP contribution is 2.36. The molecule has 0 aliphatic carbocycles. The van der Waals surface area contributed by atoms with Gasteiger partial charge in [-0.2, -0.15) is 0 Å². The lowest BCUT2D eigenvalue weighted by molar-refractivity contribution is 0.414. The first-order valence-corrected chi connectivity index (χ1v) is 6.26. The number of fused-ring (bicyclic) bond motifs is 1. The van der Waals surface area contributed by atoms with Crippen LogP contribution in [0.2, 0.25) is 0 Å².